The van der Waals surface area contributed by atoms with E-state index in [4.69, 9.17) is 4.42 Å². The van der Waals surface area contributed by atoms with Crippen molar-refractivity contribution in [3.05, 3.63) is 54.5 Å². The van der Waals surface area contributed by atoms with Crippen LogP contribution in [0.25, 0.3) is 0 Å². The molecule has 24 heavy (non-hydrogen) atoms. The molecule has 126 valence electrons. The van der Waals surface area contributed by atoms with Crippen LogP contribution in [0.1, 0.15) is 16.8 Å². The number of para-hydroxylation sites is 1. The Kier molecular flexibility index (Phi) is 5.15. The molecule has 0 aliphatic carbocycles. The van der Waals surface area contributed by atoms with Gasteiger partial charge in [0.1, 0.15) is 6.26 Å². The summed E-state index contributed by atoms with van der Waals surface area (Å²) in [6.45, 7) is 2.54. The summed E-state index contributed by atoms with van der Waals surface area (Å²) in [5.74, 6) is -0.0567. The molecule has 2 heterocycles. The molecule has 1 atom stereocenters. The van der Waals surface area contributed by atoms with Gasteiger partial charge >= 0.3 is 0 Å². The van der Waals surface area contributed by atoms with Gasteiger partial charge in [-0.25, -0.2) is 0 Å². The van der Waals surface area contributed by atoms with Crippen molar-refractivity contribution in [1.29, 1.82) is 0 Å². The van der Waals surface area contributed by atoms with Gasteiger partial charge in [-0.2, -0.15) is 0 Å². The van der Waals surface area contributed by atoms with Crippen LogP contribution in [0.15, 0.2) is 53.3 Å². The van der Waals surface area contributed by atoms with E-state index in [9.17, 15) is 9.59 Å². The lowest BCUT2D eigenvalue weighted by Gasteiger charge is -2.18. The van der Waals surface area contributed by atoms with Crippen molar-refractivity contribution in [2.24, 2.45) is 5.92 Å². The second-order valence-electron chi connectivity index (χ2n) is 5.94. The maximum atomic E-state index is 11.9. The minimum absolute atomic E-state index is 0.0286. The summed E-state index contributed by atoms with van der Waals surface area (Å²) < 4.78 is 4.84. The molecule has 1 saturated heterocycles. The van der Waals surface area contributed by atoms with E-state index in [1.165, 1.54) is 18.2 Å². The van der Waals surface area contributed by atoms with Gasteiger partial charge in [0.25, 0.3) is 5.91 Å². The van der Waals surface area contributed by atoms with E-state index >= 15 is 0 Å². The maximum Gasteiger partial charge on any atom is 0.254 e. The normalized spacial score (nSPS) is 16.8. The molecule has 2 N–H and O–H groups in total. The van der Waals surface area contributed by atoms with Crippen molar-refractivity contribution in [1.82, 2.24) is 10.6 Å². The first kappa shape index (κ1) is 16.1. The second kappa shape index (κ2) is 7.68. The van der Waals surface area contributed by atoms with Gasteiger partial charge in [-0.1, -0.05) is 18.2 Å². The number of benzene rings is 1. The highest BCUT2D eigenvalue weighted by Gasteiger charge is 2.23. The van der Waals surface area contributed by atoms with Crippen LogP contribution in [0.4, 0.5) is 5.69 Å². The van der Waals surface area contributed by atoms with Gasteiger partial charge in [0.05, 0.1) is 18.4 Å². The van der Waals surface area contributed by atoms with Crippen molar-refractivity contribution in [2.75, 3.05) is 31.1 Å². The minimum atomic E-state index is -0.310. The third-order valence-electron chi connectivity index (χ3n) is 4.19. The summed E-state index contributed by atoms with van der Waals surface area (Å²) in [5.41, 5.74) is 1.63. The molecular formula is C18H21N3O3. The Balaban J connectivity index is 1.37. The summed E-state index contributed by atoms with van der Waals surface area (Å²) in [7, 11) is 0. The molecule has 0 radical (unpaired) electrons. The van der Waals surface area contributed by atoms with Crippen LogP contribution in [0.2, 0.25) is 0 Å². The van der Waals surface area contributed by atoms with Crippen molar-refractivity contribution in [3.63, 3.8) is 0 Å². The molecule has 0 bridgehead atoms. The van der Waals surface area contributed by atoms with E-state index in [2.05, 4.69) is 27.7 Å². The summed E-state index contributed by atoms with van der Waals surface area (Å²) in [4.78, 5) is 25.9. The summed E-state index contributed by atoms with van der Waals surface area (Å²) in [5, 5.41) is 5.47. The van der Waals surface area contributed by atoms with Gasteiger partial charge in [-0.3, -0.25) is 9.59 Å². The van der Waals surface area contributed by atoms with E-state index in [0.29, 0.717) is 18.0 Å². The number of rotatable bonds is 6. The van der Waals surface area contributed by atoms with Crippen LogP contribution in [0.5, 0.6) is 0 Å². The molecular weight excluding hydrogens is 306 g/mol. The number of carbonyl (C=O) groups is 2. The average Bonchev–Trinajstić information content (AvgIpc) is 3.30. The molecule has 1 fully saturated rings. The van der Waals surface area contributed by atoms with E-state index in [1.807, 2.05) is 18.2 Å². The Morgan fingerprint density at radius 3 is 2.75 bits per heavy atom. The van der Waals surface area contributed by atoms with E-state index in [-0.39, 0.29) is 18.4 Å². The average molecular weight is 327 g/mol. The van der Waals surface area contributed by atoms with Gasteiger partial charge in [-0.15, -0.1) is 0 Å². The van der Waals surface area contributed by atoms with Gasteiger partial charge in [-0.05, 0) is 30.5 Å². The van der Waals surface area contributed by atoms with Crippen LogP contribution in [-0.2, 0) is 4.79 Å². The summed E-state index contributed by atoms with van der Waals surface area (Å²) in [6.07, 6.45) is 3.83. The lowest BCUT2D eigenvalue weighted by molar-refractivity contribution is -0.120. The molecule has 0 spiro atoms. The minimum Gasteiger partial charge on any atom is -0.472 e. The second-order valence-corrected chi connectivity index (χ2v) is 5.94. The van der Waals surface area contributed by atoms with Crippen LogP contribution in [-0.4, -0.2) is 38.0 Å². The molecule has 6 nitrogen and oxygen atoms in total. The molecule has 2 aromatic rings. The largest absolute Gasteiger partial charge is 0.472 e. The standard InChI is InChI=1S/C18H21N3O3/c22-17(11-20-18(23)15-7-9-24-13-15)19-10-14-6-8-21(12-14)16-4-2-1-3-5-16/h1-5,7,9,13-14H,6,8,10-12H2,(H,19,22)(H,20,23). The lowest BCUT2D eigenvalue weighted by Crippen LogP contribution is -2.39. The molecule has 1 aliphatic heterocycles. The fraction of sp³-hybridized carbons (Fsp3) is 0.333. The van der Waals surface area contributed by atoms with Crippen molar-refractivity contribution >= 4 is 17.5 Å². The summed E-state index contributed by atoms with van der Waals surface area (Å²) >= 11 is 0. The van der Waals surface area contributed by atoms with Gasteiger partial charge in [0.2, 0.25) is 5.91 Å². The Labute approximate surface area is 140 Å². The molecule has 6 heteroatoms. The van der Waals surface area contributed by atoms with Gasteiger partial charge < -0.3 is 20.0 Å². The first-order valence-electron chi connectivity index (χ1n) is 8.09. The Morgan fingerprint density at radius 1 is 1.17 bits per heavy atom. The number of hydrogen-bond donors (Lipinski definition) is 2. The number of carbonyl (C=O) groups excluding carboxylic acids is 2. The van der Waals surface area contributed by atoms with Crippen molar-refractivity contribution in [3.8, 4) is 0 Å². The van der Waals surface area contributed by atoms with Crippen molar-refractivity contribution in [2.45, 2.75) is 6.42 Å². The molecule has 1 aromatic heterocycles. The molecule has 3 rings (SSSR count). The van der Waals surface area contributed by atoms with Crippen LogP contribution >= 0.6 is 0 Å². The Morgan fingerprint density at radius 2 is 2.00 bits per heavy atom. The maximum absolute atomic E-state index is 11.9. The quantitative estimate of drug-likeness (QED) is 0.846. The predicted octanol–water partition coefficient (Wildman–Crippen LogP) is 1.65. The third-order valence-corrected chi connectivity index (χ3v) is 4.19. The van der Waals surface area contributed by atoms with E-state index in [1.54, 1.807) is 6.07 Å². The predicted molar refractivity (Wildman–Crippen MR) is 90.8 cm³/mol. The zero-order chi connectivity index (χ0) is 16.8. The Bertz CT molecular complexity index is 670. The molecule has 2 amide bonds. The monoisotopic (exact) mass is 327 g/mol. The topological polar surface area (TPSA) is 74.6 Å². The third kappa shape index (κ3) is 4.16. The number of furan rings is 1. The highest BCUT2D eigenvalue weighted by atomic mass is 16.3. The molecule has 1 unspecified atom stereocenters. The Hall–Kier alpha value is -2.76. The molecule has 1 aromatic carbocycles. The highest BCUT2D eigenvalue weighted by Crippen LogP contribution is 2.22. The van der Waals surface area contributed by atoms with E-state index < -0.39 is 0 Å². The number of anilines is 1. The number of hydrogen-bond acceptors (Lipinski definition) is 4. The number of nitrogens with one attached hydrogen (secondary N) is 2. The zero-order valence-corrected chi connectivity index (χ0v) is 13.4. The zero-order valence-electron chi connectivity index (χ0n) is 13.4. The molecule has 1 aliphatic rings. The summed E-state index contributed by atoms with van der Waals surface area (Å²) in [6, 6.07) is 11.8. The number of amides is 2. The van der Waals surface area contributed by atoms with Crippen LogP contribution in [0.3, 0.4) is 0 Å². The van der Waals surface area contributed by atoms with E-state index in [0.717, 1.165) is 19.5 Å². The lowest BCUT2D eigenvalue weighted by atomic mass is 10.1. The number of nitrogens with zero attached hydrogens (tertiary/aromatic N) is 1. The SMILES string of the molecule is O=C(CNC(=O)c1ccoc1)NCC1CCN(c2ccccc2)C1. The molecule has 0 saturated carbocycles. The fourth-order valence-electron chi connectivity index (χ4n) is 2.85. The smallest absolute Gasteiger partial charge is 0.254 e. The first-order chi connectivity index (χ1) is 11.7. The first-order valence-corrected chi connectivity index (χ1v) is 8.09. The van der Waals surface area contributed by atoms with Crippen LogP contribution < -0.4 is 15.5 Å². The van der Waals surface area contributed by atoms with Crippen LogP contribution in [0, 0.1) is 5.92 Å². The van der Waals surface area contributed by atoms with Crippen molar-refractivity contribution < 1.29 is 14.0 Å². The van der Waals surface area contributed by atoms with Gasteiger partial charge in [0, 0.05) is 25.3 Å². The fourth-order valence-corrected chi connectivity index (χ4v) is 2.85. The highest BCUT2D eigenvalue weighted by molar-refractivity contribution is 5.96. The van der Waals surface area contributed by atoms with Gasteiger partial charge in [0.15, 0.2) is 0 Å².